The van der Waals surface area contributed by atoms with E-state index in [1.165, 1.54) is 0 Å². The highest BCUT2D eigenvalue weighted by Crippen LogP contribution is 2.45. The van der Waals surface area contributed by atoms with Gasteiger partial charge >= 0.3 is 5.97 Å². The zero-order chi connectivity index (χ0) is 21.3. The maximum Gasteiger partial charge on any atom is 0.337 e. The van der Waals surface area contributed by atoms with Gasteiger partial charge in [-0.3, -0.25) is 4.79 Å². The number of carbonyl (C=O) groups is 2. The van der Waals surface area contributed by atoms with E-state index >= 15 is 0 Å². The smallest absolute Gasteiger partial charge is 0.337 e. The Hall–Kier alpha value is -2.56. The van der Waals surface area contributed by atoms with E-state index in [2.05, 4.69) is 5.32 Å². The molecule has 0 saturated carbocycles. The lowest BCUT2D eigenvalue weighted by molar-refractivity contribution is -0.140. The van der Waals surface area contributed by atoms with Gasteiger partial charge in [0.1, 0.15) is 6.61 Å². The molecule has 1 unspecified atom stereocenters. The zero-order valence-electron chi connectivity index (χ0n) is 16.5. The Labute approximate surface area is 185 Å². The number of nitrogens with one attached hydrogen (secondary N) is 1. The van der Waals surface area contributed by atoms with Crippen LogP contribution in [0.4, 0.5) is 0 Å². The minimum absolute atomic E-state index is 0.0191. The van der Waals surface area contributed by atoms with Gasteiger partial charge in [-0.05, 0) is 37.0 Å². The van der Waals surface area contributed by atoms with E-state index in [1.54, 1.807) is 12.1 Å². The van der Waals surface area contributed by atoms with Crippen LogP contribution in [-0.2, 0) is 20.9 Å². The molecule has 0 saturated heterocycles. The molecule has 0 radical (unpaired) electrons. The molecule has 0 amide bonds. The zero-order valence-corrected chi connectivity index (χ0v) is 18.0. The van der Waals surface area contributed by atoms with Gasteiger partial charge in [-0.2, -0.15) is 0 Å². The van der Waals surface area contributed by atoms with Gasteiger partial charge in [-0.1, -0.05) is 65.7 Å². The first kappa shape index (κ1) is 20.7. The van der Waals surface area contributed by atoms with Crippen LogP contribution in [0.1, 0.15) is 43.2 Å². The molecular weight excluding hydrogens is 421 g/mol. The number of Topliss-reactive ketones (excluding diaryl/α,β-unsaturated/α-hetero) is 1. The highest BCUT2D eigenvalue weighted by molar-refractivity contribution is 6.42. The fourth-order valence-electron chi connectivity index (χ4n) is 4.11. The molecule has 4 nitrogen and oxygen atoms in total. The maximum atomic E-state index is 13.2. The topological polar surface area (TPSA) is 55.4 Å². The van der Waals surface area contributed by atoms with E-state index in [-0.39, 0.29) is 12.4 Å². The first-order valence-corrected chi connectivity index (χ1v) is 10.6. The number of dihydropyridines is 1. The van der Waals surface area contributed by atoms with Crippen LogP contribution >= 0.6 is 23.2 Å². The summed E-state index contributed by atoms with van der Waals surface area (Å²) in [4.78, 5) is 26.1. The van der Waals surface area contributed by atoms with Gasteiger partial charge in [-0.15, -0.1) is 0 Å². The first-order valence-electron chi connectivity index (χ1n) is 9.86. The van der Waals surface area contributed by atoms with Crippen molar-refractivity contribution in [2.45, 2.75) is 38.7 Å². The lowest BCUT2D eigenvalue weighted by Crippen LogP contribution is -2.34. The average molecular weight is 442 g/mol. The number of ether oxygens (including phenoxy) is 1. The second kappa shape index (κ2) is 8.66. The summed E-state index contributed by atoms with van der Waals surface area (Å²) in [5.74, 6) is -1.07. The third-order valence-corrected chi connectivity index (χ3v) is 6.33. The summed E-state index contributed by atoms with van der Waals surface area (Å²) in [5.41, 5.74) is 4.03. The summed E-state index contributed by atoms with van der Waals surface area (Å²) in [7, 11) is 0. The highest BCUT2D eigenvalue weighted by atomic mass is 35.5. The van der Waals surface area contributed by atoms with Crippen molar-refractivity contribution in [3.05, 3.63) is 92.2 Å². The second-order valence-corrected chi connectivity index (χ2v) is 8.26. The molecule has 1 aliphatic heterocycles. The van der Waals surface area contributed by atoms with Gasteiger partial charge < -0.3 is 10.1 Å². The molecule has 6 heteroatoms. The van der Waals surface area contributed by atoms with Crippen LogP contribution in [-0.4, -0.2) is 11.8 Å². The van der Waals surface area contributed by atoms with Gasteiger partial charge in [0.25, 0.3) is 0 Å². The van der Waals surface area contributed by atoms with Gasteiger partial charge in [0.05, 0.1) is 15.6 Å². The number of esters is 1. The molecule has 0 spiro atoms. The van der Waals surface area contributed by atoms with E-state index < -0.39 is 11.9 Å². The number of halogens is 2. The number of carbonyl (C=O) groups excluding carboxylic acids is 2. The number of hydrogen-bond donors (Lipinski definition) is 1. The lowest BCUT2D eigenvalue weighted by Gasteiger charge is -2.34. The number of ketones is 1. The van der Waals surface area contributed by atoms with Crippen molar-refractivity contribution >= 4 is 35.0 Å². The minimum Gasteiger partial charge on any atom is -0.457 e. The SMILES string of the molecule is CC1=C(C(=O)OCc2ccccc2)C(c2cccc(Cl)c2Cl)C2=C(CCCC2=O)N1. The lowest BCUT2D eigenvalue weighted by atomic mass is 9.75. The van der Waals surface area contributed by atoms with E-state index in [9.17, 15) is 9.59 Å². The molecule has 0 bridgehead atoms. The molecule has 1 N–H and O–H groups in total. The minimum atomic E-state index is -0.608. The molecule has 4 rings (SSSR count). The number of allylic oxidation sites excluding steroid dienone is 3. The van der Waals surface area contributed by atoms with Crippen molar-refractivity contribution in [1.82, 2.24) is 5.32 Å². The van der Waals surface area contributed by atoms with Crippen molar-refractivity contribution in [3.63, 3.8) is 0 Å². The Morgan fingerprint density at radius 2 is 1.87 bits per heavy atom. The van der Waals surface area contributed by atoms with Gasteiger partial charge in [-0.25, -0.2) is 4.79 Å². The Morgan fingerprint density at radius 3 is 2.63 bits per heavy atom. The normalized spacial score (nSPS) is 18.8. The van der Waals surface area contributed by atoms with E-state index in [1.807, 2.05) is 43.3 Å². The quantitative estimate of drug-likeness (QED) is 0.617. The third-order valence-electron chi connectivity index (χ3n) is 5.50. The fraction of sp³-hybridized carbons (Fsp3) is 0.250. The van der Waals surface area contributed by atoms with Crippen molar-refractivity contribution in [2.75, 3.05) is 0 Å². The van der Waals surface area contributed by atoms with Crippen LogP contribution in [0.5, 0.6) is 0 Å². The van der Waals surface area contributed by atoms with Crippen LogP contribution in [0.15, 0.2) is 71.1 Å². The predicted molar refractivity (Wildman–Crippen MR) is 117 cm³/mol. The molecule has 2 aromatic rings. The Kier molecular flexibility index (Phi) is 5.98. The summed E-state index contributed by atoms with van der Waals surface area (Å²) < 4.78 is 5.63. The molecule has 2 aliphatic rings. The second-order valence-electron chi connectivity index (χ2n) is 7.47. The van der Waals surface area contributed by atoms with Gasteiger partial charge in [0, 0.05) is 29.3 Å². The van der Waals surface area contributed by atoms with Crippen LogP contribution in [0.2, 0.25) is 10.0 Å². The highest BCUT2D eigenvalue weighted by Gasteiger charge is 2.40. The molecular formula is C24H21Cl2NO3. The molecule has 30 heavy (non-hydrogen) atoms. The maximum absolute atomic E-state index is 13.2. The molecule has 1 aliphatic carbocycles. The number of rotatable bonds is 4. The summed E-state index contributed by atoms with van der Waals surface area (Å²) in [5, 5.41) is 4.00. The van der Waals surface area contributed by atoms with E-state index in [4.69, 9.17) is 27.9 Å². The van der Waals surface area contributed by atoms with Crippen LogP contribution in [0.3, 0.4) is 0 Å². The van der Waals surface area contributed by atoms with Gasteiger partial charge in [0.15, 0.2) is 5.78 Å². The largest absolute Gasteiger partial charge is 0.457 e. The van der Waals surface area contributed by atoms with Gasteiger partial charge in [0.2, 0.25) is 0 Å². The summed E-state index contributed by atoms with van der Waals surface area (Å²) >= 11 is 12.8. The molecule has 1 heterocycles. The van der Waals surface area contributed by atoms with Crippen LogP contribution in [0.25, 0.3) is 0 Å². The van der Waals surface area contributed by atoms with E-state index in [0.717, 1.165) is 24.1 Å². The Bertz CT molecular complexity index is 1070. The fourth-order valence-corrected chi connectivity index (χ4v) is 4.53. The summed E-state index contributed by atoms with van der Waals surface area (Å²) in [6, 6.07) is 14.8. The van der Waals surface area contributed by atoms with Crippen molar-refractivity contribution in [3.8, 4) is 0 Å². The van der Waals surface area contributed by atoms with Crippen molar-refractivity contribution < 1.29 is 14.3 Å². The van der Waals surface area contributed by atoms with Crippen LogP contribution < -0.4 is 5.32 Å². The molecule has 154 valence electrons. The summed E-state index contributed by atoms with van der Waals surface area (Å²) in [6.45, 7) is 1.97. The Balaban J connectivity index is 1.76. The monoisotopic (exact) mass is 441 g/mol. The van der Waals surface area contributed by atoms with E-state index in [0.29, 0.717) is 38.9 Å². The first-order chi connectivity index (χ1) is 14.5. The standard InChI is InChI=1S/C24H21Cl2NO3/c1-14-20(24(29)30-13-15-7-3-2-4-8-15)21(16-9-5-10-17(25)23(16)26)22-18(27-14)11-6-12-19(22)28/h2-5,7-10,21,27H,6,11-13H2,1H3. The van der Waals surface area contributed by atoms with Crippen LogP contribution in [0, 0.1) is 0 Å². The summed E-state index contributed by atoms with van der Waals surface area (Å²) in [6.07, 6.45) is 1.97. The number of benzene rings is 2. The molecule has 2 aromatic carbocycles. The average Bonchev–Trinajstić information content (AvgIpc) is 2.74. The van der Waals surface area contributed by atoms with Crippen molar-refractivity contribution in [2.24, 2.45) is 0 Å². The molecule has 0 aromatic heterocycles. The third kappa shape index (κ3) is 3.90. The molecule has 1 atom stereocenters. The predicted octanol–water partition coefficient (Wildman–Crippen LogP) is 5.70. The van der Waals surface area contributed by atoms with Crippen molar-refractivity contribution in [1.29, 1.82) is 0 Å². The molecule has 0 fully saturated rings. The Morgan fingerprint density at radius 1 is 1.10 bits per heavy atom. The number of hydrogen-bond acceptors (Lipinski definition) is 4.